The van der Waals surface area contributed by atoms with Gasteiger partial charge in [-0.05, 0) is 67.6 Å². The normalized spacial score (nSPS) is 13.7. The van der Waals surface area contributed by atoms with E-state index in [1.165, 1.54) is 36.8 Å². The van der Waals surface area contributed by atoms with Crippen molar-refractivity contribution >= 4 is 23.7 Å². The number of benzene rings is 2. The van der Waals surface area contributed by atoms with Crippen molar-refractivity contribution < 1.29 is 34.5 Å². The molecule has 2 aromatic carbocycles. The van der Waals surface area contributed by atoms with Crippen LogP contribution in [0.3, 0.4) is 0 Å². The first-order valence-corrected chi connectivity index (χ1v) is 14.2. The highest BCUT2D eigenvalue weighted by atomic mass is 16.4. The summed E-state index contributed by atoms with van der Waals surface area (Å²) in [6, 6.07) is 7.55. The number of phenols is 2. The zero-order valence-electron chi connectivity index (χ0n) is 24.1. The molecule has 0 radical (unpaired) electrons. The maximum Gasteiger partial charge on any atom is 0.326 e. The molecule has 1 aromatic heterocycles. The van der Waals surface area contributed by atoms with Gasteiger partial charge in [0, 0.05) is 24.7 Å². The predicted molar refractivity (Wildman–Crippen MR) is 160 cm³/mol. The maximum absolute atomic E-state index is 13.5. The number of H-pyrrole nitrogens is 1. The number of aromatic hydroxyl groups is 2. The van der Waals surface area contributed by atoms with Gasteiger partial charge in [-0.15, -0.1) is 0 Å². The molecule has 14 heteroatoms. The third kappa shape index (κ3) is 10.7. The van der Waals surface area contributed by atoms with Gasteiger partial charge < -0.3 is 47.7 Å². The Morgan fingerprint density at radius 3 is 1.84 bits per heavy atom. The van der Waals surface area contributed by atoms with Crippen molar-refractivity contribution in [3.8, 4) is 11.5 Å². The lowest BCUT2D eigenvalue weighted by Crippen LogP contribution is -2.58. The van der Waals surface area contributed by atoms with Gasteiger partial charge in [-0.2, -0.15) is 0 Å². The van der Waals surface area contributed by atoms with Gasteiger partial charge in [-0.25, -0.2) is 9.78 Å². The number of phenolic OH excluding ortho intramolecular Hbond substituents is 2. The molecule has 0 saturated heterocycles. The van der Waals surface area contributed by atoms with E-state index in [9.17, 15) is 34.5 Å². The summed E-state index contributed by atoms with van der Waals surface area (Å²) in [7, 11) is 0. The second-order valence-corrected chi connectivity index (χ2v) is 10.4. The van der Waals surface area contributed by atoms with Crippen molar-refractivity contribution in [2.45, 2.75) is 62.7 Å². The van der Waals surface area contributed by atoms with E-state index < -0.39 is 47.9 Å². The number of nitrogens with zero attached hydrogens (tertiary/aromatic N) is 1. The van der Waals surface area contributed by atoms with Gasteiger partial charge in [0.2, 0.25) is 17.7 Å². The molecule has 3 aromatic rings. The number of amides is 3. The lowest BCUT2D eigenvalue weighted by Gasteiger charge is -2.25. The van der Waals surface area contributed by atoms with Crippen LogP contribution in [-0.4, -0.2) is 79.7 Å². The Hall–Kier alpha value is -4.95. The van der Waals surface area contributed by atoms with Crippen LogP contribution < -0.4 is 27.4 Å². The van der Waals surface area contributed by atoms with Crippen LogP contribution in [0.2, 0.25) is 0 Å². The van der Waals surface area contributed by atoms with Crippen LogP contribution in [-0.2, 0) is 38.4 Å². The molecule has 1 heterocycles. The van der Waals surface area contributed by atoms with E-state index in [0.29, 0.717) is 36.2 Å². The minimum Gasteiger partial charge on any atom is -0.508 e. The Labute approximate surface area is 254 Å². The van der Waals surface area contributed by atoms with Crippen LogP contribution in [0.4, 0.5) is 0 Å². The summed E-state index contributed by atoms with van der Waals surface area (Å²) in [4.78, 5) is 58.7. The summed E-state index contributed by atoms with van der Waals surface area (Å²) in [5, 5.41) is 36.6. The largest absolute Gasteiger partial charge is 0.508 e. The van der Waals surface area contributed by atoms with Gasteiger partial charge >= 0.3 is 5.97 Å². The number of hydrogen-bond acceptors (Lipinski definition) is 9. The predicted octanol–water partition coefficient (Wildman–Crippen LogP) is -0.156. The number of hydrogen-bond donors (Lipinski definition) is 9. The molecule has 0 fully saturated rings. The quantitative estimate of drug-likeness (QED) is 0.0915. The zero-order valence-corrected chi connectivity index (χ0v) is 24.1. The minimum atomic E-state index is -1.33. The van der Waals surface area contributed by atoms with Crippen LogP contribution in [0, 0.1) is 0 Å². The van der Waals surface area contributed by atoms with Crippen LogP contribution in [0.15, 0.2) is 61.1 Å². The van der Waals surface area contributed by atoms with Crippen molar-refractivity contribution in [1.82, 2.24) is 25.9 Å². The Morgan fingerprint density at radius 1 is 0.750 bits per heavy atom. The van der Waals surface area contributed by atoms with Gasteiger partial charge in [-0.1, -0.05) is 24.3 Å². The Kier molecular flexibility index (Phi) is 12.7. The summed E-state index contributed by atoms with van der Waals surface area (Å²) in [6.45, 7) is 0.380. The van der Waals surface area contributed by atoms with Crippen LogP contribution >= 0.6 is 0 Å². The van der Waals surface area contributed by atoms with Gasteiger partial charge in [0.25, 0.3) is 0 Å². The molecule has 236 valence electrons. The molecule has 0 aliphatic heterocycles. The van der Waals surface area contributed by atoms with Gasteiger partial charge in [-0.3, -0.25) is 14.4 Å². The maximum atomic E-state index is 13.5. The van der Waals surface area contributed by atoms with Crippen molar-refractivity contribution in [2.24, 2.45) is 11.5 Å². The standard InChI is InChI=1S/C30H39N7O7/c31-12-2-1-3-24(35-27(40)23(32)13-18-4-8-21(38)9-5-18)28(41)36-25(15-20-16-33-17-34-20)29(42)37-26(30(43)44)14-19-6-10-22(39)11-7-19/h4-11,16-17,23-26,38-39H,1-3,12-15,31-32H2,(H,33,34)(H,35,40)(H,36,41)(H,37,42)(H,43,44). The fourth-order valence-corrected chi connectivity index (χ4v) is 4.46. The molecule has 44 heavy (non-hydrogen) atoms. The van der Waals surface area contributed by atoms with E-state index in [4.69, 9.17) is 11.5 Å². The first kappa shape index (κ1) is 33.6. The molecule has 0 saturated carbocycles. The Balaban J connectivity index is 1.74. The average molecular weight is 610 g/mol. The van der Waals surface area contributed by atoms with Crippen molar-refractivity contribution in [3.05, 3.63) is 77.9 Å². The smallest absolute Gasteiger partial charge is 0.326 e. The van der Waals surface area contributed by atoms with Crippen LogP contribution in [0.1, 0.15) is 36.1 Å². The molecular formula is C30H39N7O7. The highest BCUT2D eigenvalue weighted by Crippen LogP contribution is 2.13. The van der Waals surface area contributed by atoms with Crippen LogP contribution in [0.25, 0.3) is 0 Å². The van der Waals surface area contributed by atoms with E-state index in [1.54, 1.807) is 24.3 Å². The molecule has 3 rings (SSSR count). The molecule has 4 atom stereocenters. The number of rotatable bonds is 17. The molecule has 0 aliphatic carbocycles. The molecular weight excluding hydrogens is 570 g/mol. The third-order valence-corrected chi connectivity index (χ3v) is 6.91. The summed E-state index contributed by atoms with van der Waals surface area (Å²) in [5.41, 5.74) is 13.5. The first-order valence-electron chi connectivity index (χ1n) is 14.2. The number of carboxylic acid groups (broad SMARTS) is 1. The highest BCUT2D eigenvalue weighted by molar-refractivity contribution is 5.94. The number of aromatic nitrogens is 2. The van der Waals surface area contributed by atoms with Gasteiger partial charge in [0.15, 0.2) is 0 Å². The van der Waals surface area contributed by atoms with E-state index in [0.717, 1.165) is 0 Å². The number of carbonyl (C=O) groups is 4. The summed E-state index contributed by atoms with van der Waals surface area (Å²) < 4.78 is 0. The van der Waals surface area contributed by atoms with Crippen LogP contribution in [0.5, 0.6) is 11.5 Å². The van der Waals surface area contributed by atoms with E-state index >= 15 is 0 Å². The molecule has 14 nitrogen and oxygen atoms in total. The lowest BCUT2D eigenvalue weighted by molar-refractivity contribution is -0.142. The van der Waals surface area contributed by atoms with E-state index in [2.05, 4.69) is 25.9 Å². The number of carboxylic acids is 1. The SMILES string of the molecule is NCCCCC(NC(=O)C(N)Cc1ccc(O)cc1)C(=O)NC(Cc1cnc[nH]1)C(=O)NC(Cc1ccc(O)cc1)C(=O)O. The monoisotopic (exact) mass is 609 g/mol. The molecule has 3 amide bonds. The highest BCUT2D eigenvalue weighted by Gasteiger charge is 2.31. The van der Waals surface area contributed by atoms with Crippen molar-refractivity contribution in [1.29, 1.82) is 0 Å². The summed E-state index contributed by atoms with van der Waals surface area (Å²) in [6.07, 6.45) is 4.25. The molecule has 0 bridgehead atoms. The summed E-state index contributed by atoms with van der Waals surface area (Å²) in [5.74, 6) is -3.19. The zero-order chi connectivity index (χ0) is 32.1. The fourth-order valence-electron chi connectivity index (χ4n) is 4.46. The fraction of sp³-hybridized carbons (Fsp3) is 0.367. The number of nitrogens with two attached hydrogens (primary N) is 2. The van der Waals surface area contributed by atoms with Crippen molar-refractivity contribution in [2.75, 3.05) is 6.54 Å². The third-order valence-electron chi connectivity index (χ3n) is 6.91. The van der Waals surface area contributed by atoms with Gasteiger partial charge in [0.05, 0.1) is 12.4 Å². The first-order chi connectivity index (χ1) is 21.0. The van der Waals surface area contributed by atoms with Gasteiger partial charge in [0.1, 0.15) is 29.6 Å². The molecule has 0 aliphatic rings. The Bertz CT molecular complexity index is 1370. The number of aromatic amines is 1. The number of nitrogens with one attached hydrogen (secondary N) is 4. The second kappa shape index (κ2) is 16.6. The number of unbranched alkanes of at least 4 members (excludes halogenated alkanes) is 1. The summed E-state index contributed by atoms with van der Waals surface area (Å²) >= 11 is 0. The number of carbonyl (C=O) groups excluding carboxylic acids is 3. The topological polar surface area (TPSA) is 246 Å². The second-order valence-electron chi connectivity index (χ2n) is 10.4. The molecule has 11 N–H and O–H groups in total. The van der Waals surface area contributed by atoms with E-state index in [-0.39, 0.29) is 37.2 Å². The Morgan fingerprint density at radius 2 is 1.30 bits per heavy atom. The number of imidazole rings is 1. The minimum absolute atomic E-state index is 0.0152. The van der Waals surface area contributed by atoms with Crippen molar-refractivity contribution in [3.63, 3.8) is 0 Å². The lowest BCUT2D eigenvalue weighted by atomic mass is 10.0. The molecule has 4 unspecified atom stereocenters. The van der Waals surface area contributed by atoms with E-state index in [1.807, 2.05) is 0 Å². The average Bonchev–Trinajstić information content (AvgIpc) is 3.51. The molecule has 0 spiro atoms. The number of aliphatic carboxylic acids is 1.